The van der Waals surface area contributed by atoms with Gasteiger partial charge in [-0.05, 0) is 60.5 Å². The summed E-state index contributed by atoms with van der Waals surface area (Å²) >= 11 is 0. The first-order valence-corrected chi connectivity index (χ1v) is 11.6. The van der Waals surface area contributed by atoms with Crippen molar-refractivity contribution in [3.63, 3.8) is 0 Å². The number of hydrogen-bond donors (Lipinski definition) is 0. The van der Waals surface area contributed by atoms with Gasteiger partial charge in [-0.2, -0.15) is 18.3 Å². The van der Waals surface area contributed by atoms with Crippen molar-refractivity contribution in [2.24, 2.45) is 0 Å². The maximum atomic E-state index is 13.3. The molecule has 0 spiro atoms. The van der Waals surface area contributed by atoms with E-state index in [2.05, 4.69) is 14.8 Å². The van der Waals surface area contributed by atoms with Gasteiger partial charge in [0.1, 0.15) is 11.4 Å². The molecule has 0 N–H and O–H groups in total. The molecule has 0 amide bonds. The number of hydrogen-bond acceptors (Lipinski definition) is 4. The van der Waals surface area contributed by atoms with Gasteiger partial charge < -0.3 is 9.15 Å². The fourth-order valence-corrected chi connectivity index (χ4v) is 4.15. The van der Waals surface area contributed by atoms with Crippen LogP contribution in [0.1, 0.15) is 17.1 Å². The number of nitrogens with zero attached hydrogens (tertiary/aromatic N) is 3. The predicted molar refractivity (Wildman–Crippen MR) is 131 cm³/mol. The molecule has 0 fully saturated rings. The maximum absolute atomic E-state index is 13.3. The van der Waals surface area contributed by atoms with Crippen molar-refractivity contribution in [3.8, 4) is 45.1 Å². The van der Waals surface area contributed by atoms with Gasteiger partial charge in [-0.15, -0.1) is 13.2 Å². The first-order chi connectivity index (χ1) is 18.4. The Kier molecular flexibility index (Phi) is 6.45. The van der Waals surface area contributed by atoms with Crippen LogP contribution in [-0.4, -0.2) is 21.1 Å². The Bertz CT molecular complexity index is 1630. The molecule has 2 aromatic heterocycles. The van der Waals surface area contributed by atoms with Crippen LogP contribution in [0.25, 0.3) is 39.4 Å². The summed E-state index contributed by atoms with van der Waals surface area (Å²) in [7, 11) is 0. The Morgan fingerprint density at radius 1 is 0.795 bits per heavy atom. The summed E-state index contributed by atoms with van der Waals surface area (Å²) in [4.78, 5) is 4.49. The minimum absolute atomic E-state index is 0.219. The van der Waals surface area contributed by atoms with Crippen molar-refractivity contribution in [1.29, 1.82) is 0 Å². The summed E-state index contributed by atoms with van der Waals surface area (Å²) in [6.07, 6.45) is -8.29. The normalized spacial score (nSPS) is 12.1. The van der Waals surface area contributed by atoms with Crippen molar-refractivity contribution in [2.45, 2.75) is 26.4 Å². The standard InChI is InChI=1S/C28H19F6N3O2/c1-16-4-3-5-19(14-16)20-8-11-23(37-13-12-24(36-37)27(29,30)31)22(15-20)25-26(38-17(2)35-25)18-6-9-21(10-7-18)39-28(32,33)34/h3-15H,1-2H3. The third-order valence-corrected chi connectivity index (χ3v) is 5.81. The van der Waals surface area contributed by atoms with Crippen LogP contribution in [-0.2, 0) is 6.18 Å². The molecule has 0 aliphatic carbocycles. The molecule has 200 valence electrons. The molecule has 39 heavy (non-hydrogen) atoms. The molecule has 0 aliphatic rings. The summed E-state index contributed by atoms with van der Waals surface area (Å²) < 4.78 is 88.6. The van der Waals surface area contributed by atoms with Crippen LogP contribution in [0.2, 0.25) is 0 Å². The molecule has 0 atom stereocenters. The van der Waals surface area contributed by atoms with E-state index < -0.39 is 24.0 Å². The van der Waals surface area contributed by atoms with Crippen molar-refractivity contribution >= 4 is 0 Å². The van der Waals surface area contributed by atoms with E-state index in [4.69, 9.17) is 4.42 Å². The smallest absolute Gasteiger partial charge is 0.440 e. The molecule has 0 saturated heterocycles. The molecule has 5 rings (SSSR count). The highest BCUT2D eigenvalue weighted by atomic mass is 19.4. The van der Waals surface area contributed by atoms with Gasteiger partial charge in [-0.25, -0.2) is 9.67 Å². The summed E-state index contributed by atoms with van der Waals surface area (Å²) in [5.41, 5.74) is 2.97. The quantitative estimate of drug-likeness (QED) is 0.209. The van der Waals surface area contributed by atoms with E-state index >= 15 is 0 Å². The minimum Gasteiger partial charge on any atom is -0.440 e. The third-order valence-electron chi connectivity index (χ3n) is 5.81. The van der Waals surface area contributed by atoms with Crippen LogP contribution < -0.4 is 4.74 Å². The topological polar surface area (TPSA) is 53.1 Å². The van der Waals surface area contributed by atoms with Crippen LogP contribution >= 0.6 is 0 Å². The first-order valence-electron chi connectivity index (χ1n) is 11.6. The van der Waals surface area contributed by atoms with Gasteiger partial charge in [-0.3, -0.25) is 0 Å². The van der Waals surface area contributed by atoms with E-state index in [-0.39, 0.29) is 17.3 Å². The van der Waals surface area contributed by atoms with Gasteiger partial charge in [-0.1, -0.05) is 35.9 Å². The number of ether oxygens (including phenoxy) is 1. The Morgan fingerprint density at radius 2 is 1.49 bits per heavy atom. The highest BCUT2D eigenvalue weighted by molar-refractivity contribution is 5.85. The van der Waals surface area contributed by atoms with Crippen LogP contribution in [0.3, 0.4) is 0 Å². The molecule has 0 saturated carbocycles. The number of benzene rings is 3. The molecule has 0 bridgehead atoms. The largest absolute Gasteiger partial charge is 0.573 e. The molecule has 0 aliphatic heterocycles. The zero-order chi connectivity index (χ0) is 27.9. The Balaban J connectivity index is 1.67. The van der Waals surface area contributed by atoms with E-state index in [1.54, 1.807) is 25.1 Å². The number of aromatic nitrogens is 3. The Labute approximate surface area is 218 Å². The van der Waals surface area contributed by atoms with Crippen molar-refractivity contribution in [2.75, 3.05) is 0 Å². The summed E-state index contributed by atoms with van der Waals surface area (Å²) in [6.45, 7) is 3.53. The molecule has 0 unspecified atom stereocenters. The molecule has 5 nitrogen and oxygen atoms in total. The summed E-state index contributed by atoms with van der Waals surface area (Å²) in [6, 6.07) is 18.7. The number of halogens is 6. The van der Waals surface area contributed by atoms with Crippen molar-refractivity contribution in [3.05, 3.63) is 96.1 Å². The average molecular weight is 543 g/mol. The third kappa shape index (κ3) is 5.66. The molecular formula is C28H19F6N3O2. The second-order valence-corrected chi connectivity index (χ2v) is 8.73. The number of aryl methyl sites for hydroxylation is 2. The minimum atomic E-state index is -4.85. The van der Waals surface area contributed by atoms with E-state index in [9.17, 15) is 26.3 Å². The van der Waals surface area contributed by atoms with Crippen LogP contribution in [0.15, 0.2) is 83.4 Å². The zero-order valence-corrected chi connectivity index (χ0v) is 20.4. The van der Waals surface area contributed by atoms with Gasteiger partial charge in [0.25, 0.3) is 0 Å². The lowest BCUT2D eigenvalue weighted by molar-refractivity contribution is -0.274. The number of alkyl halides is 6. The van der Waals surface area contributed by atoms with Gasteiger partial charge in [0.05, 0.1) is 5.69 Å². The van der Waals surface area contributed by atoms with Crippen LogP contribution in [0.5, 0.6) is 5.75 Å². The van der Waals surface area contributed by atoms with Gasteiger partial charge in [0.15, 0.2) is 17.3 Å². The highest BCUT2D eigenvalue weighted by Crippen LogP contribution is 2.39. The van der Waals surface area contributed by atoms with Crippen molar-refractivity contribution < 1.29 is 35.5 Å². The highest BCUT2D eigenvalue weighted by Gasteiger charge is 2.34. The average Bonchev–Trinajstić information content (AvgIpc) is 3.51. The molecule has 2 heterocycles. The molecule has 0 radical (unpaired) electrons. The van der Waals surface area contributed by atoms with E-state index in [1.165, 1.54) is 18.3 Å². The van der Waals surface area contributed by atoms with Crippen molar-refractivity contribution in [1.82, 2.24) is 14.8 Å². The predicted octanol–water partition coefficient (Wildman–Crippen LogP) is 8.40. The van der Waals surface area contributed by atoms with E-state index in [1.807, 2.05) is 31.2 Å². The second kappa shape index (κ2) is 9.64. The van der Waals surface area contributed by atoms with Gasteiger partial charge in [0.2, 0.25) is 0 Å². The van der Waals surface area contributed by atoms with E-state index in [0.717, 1.165) is 39.6 Å². The zero-order valence-electron chi connectivity index (χ0n) is 20.4. The van der Waals surface area contributed by atoms with Gasteiger partial charge >= 0.3 is 12.5 Å². The molecule has 5 aromatic rings. The summed E-state index contributed by atoms with van der Waals surface area (Å²) in [5.74, 6) is 0.0540. The summed E-state index contributed by atoms with van der Waals surface area (Å²) in [5, 5.41) is 3.72. The van der Waals surface area contributed by atoms with Crippen LogP contribution in [0, 0.1) is 13.8 Å². The monoisotopic (exact) mass is 543 g/mol. The van der Waals surface area contributed by atoms with E-state index in [0.29, 0.717) is 16.8 Å². The maximum Gasteiger partial charge on any atom is 0.573 e. The number of oxazole rings is 1. The molecular weight excluding hydrogens is 524 g/mol. The first kappa shape index (κ1) is 26.1. The van der Waals surface area contributed by atoms with Crippen LogP contribution in [0.4, 0.5) is 26.3 Å². The fraction of sp³-hybridized carbons (Fsp3) is 0.143. The Morgan fingerprint density at radius 3 is 2.13 bits per heavy atom. The lowest BCUT2D eigenvalue weighted by Gasteiger charge is -2.13. The molecule has 3 aromatic carbocycles. The second-order valence-electron chi connectivity index (χ2n) is 8.73. The lowest BCUT2D eigenvalue weighted by atomic mass is 9.97. The fourth-order valence-electron chi connectivity index (χ4n) is 4.15. The lowest BCUT2D eigenvalue weighted by Crippen LogP contribution is -2.16. The number of rotatable bonds is 5. The van der Waals surface area contributed by atoms with Gasteiger partial charge in [0, 0.05) is 24.2 Å². The SMILES string of the molecule is Cc1cccc(-c2ccc(-n3ccc(C(F)(F)F)n3)c(-c3nc(C)oc3-c3ccc(OC(F)(F)F)cc3)c2)c1. The molecule has 11 heteroatoms. The Hall–Kier alpha value is -4.54.